The molecule has 0 spiro atoms. The van der Waals surface area contributed by atoms with E-state index in [0.29, 0.717) is 0 Å². The first kappa shape index (κ1) is 26.1. The van der Waals surface area contributed by atoms with Crippen LogP contribution in [0.15, 0.2) is 10.2 Å². The van der Waals surface area contributed by atoms with E-state index in [4.69, 9.17) is 43.1 Å². The quantitative estimate of drug-likeness (QED) is 0.107. The lowest BCUT2D eigenvalue weighted by atomic mass is 9.96. The summed E-state index contributed by atoms with van der Waals surface area (Å²) >= 11 is 0. The van der Waals surface area contributed by atoms with Gasteiger partial charge in [-0.3, -0.25) is 4.52 Å². The molecule has 29 heavy (non-hydrogen) atoms. The van der Waals surface area contributed by atoms with E-state index in [2.05, 4.69) is 33.2 Å². The molecule has 0 aromatic rings. The first-order valence-electron chi connectivity index (χ1n) is 7.10. The van der Waals surface area contributed by atoms with Crippen molar-refractivity contribution in [2.75, 3.05) is 6.61 Å². The van der Waals surface area contributed by atoms with Gasteiger partial charge in [-0.1, -0.05) is 10.2 Å². The molecule has 1 saturated heterocycles. The highest BCUT2D eigenvalue weighted by Crippen LogP contribution is 2.66. The van der Waals surface area contributed by atoms with Gasteiger partial charge in [-0.15, -0.1) is 0 Å². The molecule has 2 radical (unpaired) electrons. The van der Waals surface area contributed by atoms with Crippen molar-refractivity contribution in [3.05, 3.63) is 20.9 Å². The van der Waals surface area contributed by atoms with Crippen LogP contribution in [0.1, 0.15) is 13.3 Å². The maximum atomic E-state index is 11.7. The summed E-state index contributed by atoms with van der Waals surface area (Å²) in [5, 5.41) is 6.34. The molecule has 0 bridgehead atoms. The average molecular weight is 478 g/mol. The second-order valence-electron chi connectivity index (χ2n) is 5.30. The Kier molecular flexibility index (Phi) is 8.88. The van der Waals surface area contributed by atoms with Crippen LogP contribution in [0.3, 0.4) is 0 Å². The molecule has 3 unspecified atom stereocenters. The summed E-state index contributed by atoms with van der Waals surface area (Å²) in [5.74, 6) is -2.04. The van der Waals surface area contributed by atoms with Gasteiger partial charge in [-0.25, -0.2) is 13.7 Å². The van der Waals surface area contributed by atoms with E-state index in [0.717, 1.165) is 6.92 Å². The van der Waals surface area contributed by atoms with Crippen molar-refractivity contribution in [1.82, 2.24) is 0 Å². The Hall–Kier alpha value is -0.985. The van der Waals surface area contributed by atoms with E-state index in [-0.39, 0.29) is 6.42 Å². The summed E-state index contributed by atoms with van der Waals surface area (Å²) in [4.78, 5) is 40.4. The van der Waals surface area contributed by atoms with E-state index < -0.39 is 54.1 Å². The second kappa shape index (κ2) is 9.88. The average Bonchev–Trinajstić information content (AvgIpc) is 2.81. The van der Waals surface area contributed by atoms with Gasteiger partial charge in [0.2, 0.25) is 5.85 Å². The van der Waals surface area contributed by atoms with E-state index in [1.54, 1.807) is 0 Å². The van der Waals surface area contributed by atoms with Gasteiger partial charge in [0.25, 0.3) is 0 Å². The van der Waals surface area contributed by atoms with E-state index in [9.17, 15) is 18.6 Å². The molecule has 0 aromatic carbocycles. The van der Waals surface area contributed by atoms with Gasteiger partial charge < -0.3 is 29.0 Å². The van der Waals surface area contributed by atoms with Gasteiger partial charge in [-0.2, -0.15) is 8.62 Å². The Morgan fingerprint density at radius 3 is 2.17 bits per heavy atom. The number of nitrogens with zero attached hydrogens (tertiary/aromatic N) is 6. The third-order valence-corrected chi connectivity index (χ3v) is 6.68. The van der Waals surface area contributed by atoms with Gasteiger partial charge in [0.1, 0.15) is 14.0 Å². The maximum Gasteiger partial charge on any atom is 0.490 e. The Morgan fingerprint density at radius 2 is 1.69 bits per heavy atom. The van der Waals surface area contributed by atoms with E-state index in [1.165, 1.54) is 0 Å². The number of azide groups is 1. The predicted octanol–water partition coefficient (Wildman–Crippen LogP) is 1.29. The molecule has 18 nitrogen and oxygen atoms in total. The molecule has 4 N–H and O–H groups in total. The van der Waals surface area contributed by atoms with Crippen LogP contribution in [0.2, 0.25) is 0 Å². The van der Waals surface area contributed by atoms with Crippen LogP contribution in [0.5, 0.6) is 0 Å². The van der Waals surface area contributed by atoms with Crippen molar-refractivity contribution in [1.29, 1.82) is 0 Å². The minimum absolute atomic E-state index is 0.0675. The van der Waals surface area contributed by atoms with Crippen LogP contribution in [0, 0.1) is 0 Å². The first-order chi connectivity index (χ1) is 13.1. The monoisotopic (exact) mass is 478 g/mol. The van der Waals surface area contributed by atoms with Crippen LogP contribution in [0.4, 0.5) is 0 Å². The molecule has 1 rings (SSSR count). The highest BCUT2D eigenvalue weighted by atomic mass is 31.3. The Bertz CT molecular complexity index is 822. The standard InChI is InChI=1S/C7H14BN6O12P3/c1-7(11-13-9,12-14-10)24-4-2-6(8)23-5(4)3-22-28(18,19)26-29(20,21)25-27(15,16)17/h4-6H,2-3H2,1H3,(H,18,19)(H,20,21)(H2,15,16,17)/t4?,5-,6-/m1/s1. The zero-order chi connectivity index (χ0) is 22.5. The summed E-state index contributed by atoms with van der Waals surface area (Å²) in [6.45, 7) is 0.250. The molecule has 0 aromatic heterocycles. The Morgan fingerprint density at radius 1 is 1.14 bits per heavy atom. The van der Waals surface area contributed by atoms with E-state index >= 15 is 0 Å². The minimum atomic E-state index is -5.68. The third-order valence-electron chi connectivity index (χ3n) is 2.88. The van der Waals surface area contributed by atoms with Crippen LogP contribution >= 0.6 is 23.5 Å². The molecule has 1 aliphatic rings. The van der Waals surface area contributed by atoms with Gasteiger partial charge >= 0.3 is 23.5 Å². The van der Waals surface area contributed by atoms with Gasteiger partial charge in [-0.05, 0) is 24.4 Å². The fourth-order valence-corrected chi connectivity index (χ4v) is 5.04. The summed E-state index contributed by atoms with van der Waals surface area (Å²) < 4.78 is 55.6. The zero-order valence-electron chi connectivity index (χ0n) is 14.3. The molecule has 0 saturated carbocycles. The maximum absolute atomic E-state index is 11.7. The summed E-state index contributed by atoms with van der Waals surface area (Å²) in [6, 6.07) is -0.976. The highest BCUT2D eigenvalue weighted by Gasteiger charge is 2.43. The zero-order valence-corrected chi connectivity index (χ0v) is 17.0. The first-order valence-corrected chi connectivity index (χ1v) is 11.6. The topological polar surface area (TPSA) is 276 Å². The summed E-state index contributed by atoms with van der Waals surface area (Å²) in [7, 11) is -11.0. The molecule has 1 heterocycles. The van der Waals surface area contributed by atoms with Crippen molar-refractivity contribution in [2.24, 2.45) is 10.2 Å². The summed E-state index contributed by atoms with van der Waals surface area (Å²) in [5.41, 5.74) is 17.1. The van der Waals surface area contributed by atoms with Crippen molar-refractivity contribution in [3.8, 4) is 0 Å². The van der Waals surface area contributed by atoms with Crippen molar-refractivity contribution < 1.29 is 55.9 Å². The molecular weight excluding hydrogens is 464 g/mol. The lowest BCUT2D eigenvalue weighted by Gasteiger charge is -2.27. The molecular formula is C7H14BN6O12P3. The van der Waals surface area contributed by atoms with Crippen molar-refractivity contribution in [3.63, 3.8) is 0 Å². The number of phosphoric acid groups is 3. The van der Waals surface area contributed by atoms with E-state index in [1.807, 2.05) is 0 Å². The molecule has 22 heteroatoms. The summed E-state index contributed by atoms with van der Waals surface area (Å²) in [6.07, 6.45) is -2.41. The molecule has 0 aliphatic carbocycles. The van der Waals surface area contributed by atoms with Crippen LogP contribution in [0.25, 0.3) is 20.9 Å². The second-order valence-corrected chi connectivity index (χ2v) is 9.72. The number of phosphoric ester groups is 1. The lowest BCUT2D eigenvalue weighted by molar-refractivity contribution is -0.108. The SMILES string of the molecule is [B][C@H]1CC(OC(C)(N=[N+]=[N-])N=[N+]=[N-])[C@@H](COP(=O)(O)OP(=O)(O)OP(=O)(O)O)O1. The Balaban J connectivity index is 2.83. The van der Waals surface area contributed by atoms with Crippen molar-refractivity contribution >= 4 is 31.3 Å². The molecule has 0 amide bonds. The molecule has 162 valence electrons. The number of ether oxygens (including phenoxy) is 2. The predicted molar refractivity (Wildman–Crippen MR) is 90.4 cm³/mol. The lowest BCUT2D eigenvalue weighted by Crippen LogP contribution is -2.36. The smallest absolute Gasteiger partial charge is 0.380 e. The fraction of sp³-hybridized carbons (Fsp3) is 1.00. The van der Waals surface area contributed by atoms with Crippen LogP contribution in [-0.4, -0.2) is 58.1 Å². The van der Waals surface area contributed by atoms with Crippen LogP contribution < -0.4 is 0 Å². The Labute approximate surface area is 163 Å². The largest absolute Gasteiger partial charge is 0.490 e. The number of hydrogen-bond acceptors (Lipinski definition) is 10. The number of hydrogen-bond donors (Lipinski definition) is 4. The third kappa shape index (κ3) is 9.58. The molecule has 1 fully saturated rings. The van der Waals surface area contributed by atoms with Gasteiger partial charge in [0.15, 0.2) is 0 Å². The van der Waals surface area contributed by atoms with Crippen LogP contribution in [-0.2, 0) is 36.3 Å². The van der Waals surface area contributed by atoms with Gasteiger partial charge in [0.05, 0.1) is 12.7 Å². The fourth-order valence-electron chi connectivity index (χ4n) is 2.01. The normalized spacial score (nSPS) is 28.2. The van der Waals surface area contributed by atoms with Crippen molar-refractivity contribution in [2.45, 2.75) is 37.4 Å². The molecule has 1 aliphatic heterocycles. The minimum Gasteiger partial charge on any atom is -0.380 e. The highest BCUT2D eigenvalue weighted by molar-refractivity contribution is 7.66. The molecule has 5 atom stereocenters. The number of rotatable bonds is 11. The van der Waals surface area contributed by atoms with Gasteiger partial charge in [0, 0.05) is 15.8 Å².